The molecular formula is C16H25ClN2O2. The topological polar surface area (TPSA) is 64.4 Å². The van der Waals surface area contributed by atoms with Gasteiger partial charge in [0.25, 0.3) is 0 Å². The summed E-state index contributed by atoms with van der Waals surface area (Å²) in [4.78, 5) is 12.4. The molecule has 0 spiro atoms. The molecule has 1 aliphatic rings. The molecule has 1 fully saturated rings. The number of halogens is 1. The molecule has 118 valence electrons. The lowest BCUT2D eigenvalue weighted by molar-refractivity contribution is -0.135. The maximum absolute atomic E-state index is 12.4. The van der Waals surface area contributed by atoms with Gasteiger partial charge >= 0.3 is 0 Å². The summed E-state index contributed by atoms with van der Waals surface area (Å²) in [6, 6.07) is 8.26. The van der Waals surface area contributed by atoms with Crippen molar-refractivity contribution in [2.45, 2.75) is 26.2 Å². The first-order valence-electron chi connectivity index (χ1n) is 7.28. The van der Waals surface area contributed by atoms with E-state index in [1.807, 2.05) is 12.1 Å². The molecule has 0 radical (unpaired) electrons. The average Bonchev–Trinajstić information content (AvgIpc) is 2.49. The van der Waals surface area contributed by atoms with Gasteiger partial charge in [0.1, 0.15) is 0 Å². The predicted octanol–water partition coefficient (Wildman–Crippen LogP) is 1.83. The lowest BCUT2D eigenvalue weighted by Crippen LogP contribution is -2.49. The molecule has 0 saturated carbocycles. The Morgan fingerprint density at radius 3 is 2.62 bits per heavy atom. The third-order valence-corrected chi connectivity index (χ3v) is 4.26. The molecule has 0 atom stereocenters. The molecular weight excluding hydrogens is 288 g/mol. The minimum absolute atomic E-state index is 0. The van der Waals surface area contributed by atoms with Gasteiger partial charge in [0.2, 0.25) is 5.91 Å². The quantitative estimate of drug-likeness (QED) is 0.872. The first-order valence-corrected chi connectivity index (χ1v) is 7.28. The van der Waals surface area contributed by atoms with Gasteiger partial charge in [0, 0.05) is 26.3 Å². The summed E-state index contributed by atoms with van der Waals surface area (Å²) in [5.74, 6) is 0.0804. The van der Waals surface area contributed by atoms with E-state index in [-0.39, 0.29) is 18.3 Å². The van der Waals surface area contributed by atoms with E-state index in [0.29, 0.717) is 26.3 Å². The van der Waals surface area contributed by atoms with Gasteiger partial charge in [0.05, 0.1) is 5.41 Å². The second-order valence-electron chi connectivity index (χ2n) is 5.53. The van der Waals surface area contributed by atoms with E-state index < -0.39 is 5.41 Å². The van der Waals surface area contributed by atoms with E-state index in [2.05, 4.69) is 24.4 Å². The van der Waals surface area contributed by atoms with Gasteiger partial charge < -0.3 is 15.8 Å². The minimum atomic E-state index is -0.427. The van der Waals surface area contributed by atoms with Gasteiger partial charge in [-0.15, -0.1) is 12.4 Å². The van der Waals surface area contributed by atoms with Crippen molar-refractivity contribution < 1.29 is 9.53 Å². The van der Waals surface area contributed by atoms with Crippen molar-refractivity contribution in [1.29, 1.82) is 0 Å². The van der Waals surface area contributed by atoms with Crippen LogP contribution in [0, 0.1) is 12.3 Å². The number of benzene rings is 1. The minimum Gasteiger partial charge on any atom is -0.381 e. The summed E-state index contributed by atoms with van der Waals surface area (Å²) in [5, 5.41) is 3.05. The van der Waals surface area contributed by atoms with Crippen LogP contribution in [-0.2, 0) is 16.0 Å². The molecule has 5 heteroatoms. The number of carbonyl (C=O) groups excluding carboxylic acids is 1. The van der Waals surface area contributed by atoms with Gasteiger partial charge in [-0.2, -0.15) is 0 Å². The first-order chi connectivity index (χ1) is 9.68. The zero-order chi connectivity index (χ0) is 14.4. The van der Waals surface area contributed by atoms with Crippen molar-refractivity contribution in [3.63, 3.8) is 0 Å². The number of hydrogen-bond donors (Lipinski definition) is 2. The van der Waals surface area contributed by atoms with E-state index in [4.69, 9.17) is 10.5 Å². The van der Waals surface area contributed by atoms with Gasteiger partial charge in [-0.05, 0) is 37.3 Å². The highest BCUT2D eigenvalue weighted by molar-refractivity contribution is 5.85. The van der Waals surface area contributed by atoms with Crippen LogP contribution in [0.25, 0.3) is 0 Å². The zero-order valence-corrected chi connectivity index (χ0v) is 13.4. The highest BCUT2D eigenvalue weighted by atomic mass is 35.5. The standard InChI is InChI=1S/C16H24N2O2.ClH/c1-13-4-2-3-5-14(13)6-9-18-15(19)16(12-17)7-10-20-11-8-16;/h2-5H,6-12,17H2,1H3,(H,18,19);1H. The lowest BCUT2D eigenvalue weighted by atomic mass is 9.79. The van der Waals surface area contributed by atoms with E-state index in [1.54, 1.807) is 0 Å². The van der Waals surface area contributed by atoms with Crippen LogP contribution in [0.4, 0.5) is 0 Å². The highest BCUT2D eigenvalue weighted by Gasteiger charge is 2.38. The van der Waals surface area contributed by atoms with Crippen LogP contribution in [0.2, 0.25) is 0 Å². The van der Waals surface area contributed by atoms with Crippen molar-refractivity contribution in [1.82, 2.24) is 5.32 Å². The maximum Gasteiger partial charge on any atom is 0.227 e. The average molecular weight is 313 g/mol. The van der Waals surface area contributed by atoms with Crippen LogP contribution >= 0.6 is 12.4 Å². The first kappa shape index (κ1) is 18.0. The molecule has 1 aromatic carbocycles. The Labute approximate surface area is 132 Å². The molecule has 0 aliphatic carbocycles. The van der Waals surface area contributed by atoms with Crippen LogP contribution in [0.15, 0.2) is 24.3 Å². The largest absolute Gasteiger partial charge is 0.381 e. The Hall–Kier alpha value is -1.10. The molecule has 0 unspecified atom stereocenters. The Bertz CT molecular complexity index is 459. The van der Waals surface area contributed by atoms with E-state index in [1.165, 1.54) is 11.1 Å². The molecule has 1 saturated heterocycles. The number of carbonyl (C=O) groups is 1. The number of hydrogen-bond acceptors (Lipinski definition) is 3. The van der Waals surface area contributed by atoms with Crippen LogP contribution in [0.3, 0.4) is 0 Å². The van der Waals surface area contributed by atoms with Gasteiger partial charge in [-0.1, -0.05) is 24.3 Å². The SMILES string of the molecule is Cc1ccccc1CCNC(=O)C1(CN)CCOCC1.Cl. The fourth-order valence-electron chi connectivity index (χ4n) is 2.67. The van der Waals surface area contributed by atoms with Crippen molar-refractivity contribution in [3.05, 3.63) is 35.4 Å². The Morgan fingerprint density at radius 1 is 1.33 bits per heavy atom. The Balaban J connectivity index is 0.00000220. The number of aryl methyl sites for hydroxylation is 1. The smallest absolute Gasteiger partial charge is 0.227 e. The molecule has 4 nitrogen and oxygen atoms in total. The lowest BCUT2D eigenvalue weighted by Gasteiger charge is -2.34. The Morgan fingerprint density at radius 2 is 2.00 bits per heavy atom. The number of nitrogens with one attached hydrogen (secondary N) is 1. The second-order valence-corrected chi connectivity index (χ2v) is 5.53. The number of nitrogens with two attached hydrogens (primary N) is 1. The van der Waals surface area contributed by atoms with Crippen LogP contribution < -0.4 is 11.1 Å². The van der Waals surface area contributed by atoms with E-state index >= 15 is 0 Å². The fraction of sp³-hybridized carbons (Fsp3) is 0.562. The van der Waals surface area contributed by atoms with Gasteiger partial charge in [0.15, 0.2) is 0 Å². The van der Waals surface area contributed by atoms with Gasteiger partial charge in [-0.25, -0.2) is 0 Å². The van der Waals surface area contributed by atoms with Crippen LogP contribution in [0.1, 0.15) is 24.0 Å². The molecule has 0 bridgehead atoms. The van der Waals surface area contributed by atoms with Crippen molar-refractivity contribution in [3.8, 4) is 0 Å². The molecule has 0 aromatic heterocycles. The number of amides is 1. The zero-order valence-electron chi connectivity index (χ0n) is 12.6. The Kier molecular flexibility index (Phi) is 7.15. The molecule has 21 heavy (non-hydrogen) atoms. The highest BCUT2D eigenvalue weighted by Crippen LogP contribution is 2.29. The summed E-state index contributed by atoms with van der Waals surface area (Å²) in [5.41, 5.74) is 7.95. The number of rotatable bonds is 5. The summed E-state index contributed by atoms with van der Waals surface area (Å²) < 4.78 is 5.33. The normalized spacial score (nSPS) is 16.9. The third-order valence-electron chi connectivity index (χ3n) is 4.26. The number of ether oxygens (including phenoxy) is 1. The second kappa shape index (κ2) is 8.37. The van der Waals surface area contributed by atoms with Crippen LogP contribution in [0.5, 0.6) is 0 Å². The predicted molar refractivity (Wildman–Crippen MR) is 86.7 cm³/mol. The summed E-state index contributed by atoms with van der Waals surface area (Å²) in [7, 11) is 0. The van der Waals surface area contributed by atoms with E-state index in [0.717, 1.165) is 19.3 Å². The third kappa shape index (κ3) is 4.43. The summed E-state index contributed by atoms with van der Waals surface area (Å²) in [6.45, 7) is 4.40. The summed E-state index contributed by atoms with van der Waals surface area (Å²) in [6.07, 6.45) is 2.30. The van der Waals surface area contributed by atoms with Crippen LogP contribution in [-0.4, -0.2) is 32.2 Å². The van der Waals surface area contributed by atoms with E-state index in [9.17, 15) is 4.79 Å². The summed E-state index contributed by atoms with van der Waals surface area (Å²) >= 11 is 0. The monoisotopic (exact) mass is 312 g/mol. The molecule has 1 amide bonds. The molecule has 1 aromatic rings. The molecule has 1 aliphatic heterocycles. The van der Waals surface area contributed by atoms with Gasteiger partial charge in [-0.3, -0.25) is 4.79 Å². The molecule has 2 rings (SSSR count). The molecule has 3 N–H and O–H groups in total. The van der Waals surface area contributed by atoms with Crippen molar-refractivity contribution >= 4 is 18.3 Å². The maximum atomic E-state index is 12.4. The van der Waals surface area contributed by atoms with Crippen molar-refractivity contribution in [2.24, 2.45) is 11.1 Å². The van der Waals surface area contributed by atoms with Crippen molar-refractivity contribution in [2.75, 3.05) is 26.3 Å². The molecule has 1 heterocycles. The fourth-order valence-corrected chi connectivity index (χ4v) is 2.67.